The molecule has 1 aromatic rings. The summed E-state index contributed by atoms with van der Waals surface area (Å²) in [6, 6.07) is 5.31. The molecule has 1 aromatic carbocycles. The standard InChI is InChI=1S/C13H20ClNO/c1-9(2)10(3)7-15-8-11-4-5-13(16)12(14)6-11/h4-6,9-10,15-16H,7-8H2,1-3H3/t10-/m1/s1. The summed E-state index contributed by atoms with van der Waals surface area (Å²) in [6.07, 6.45) is 0. The highest BCUT2D eigenvalue weighted by Crippen LogP contribution is 2.23. The van der Waals surface area contributed by atoms with E-state index in [1.54, 1.807) is 12.1 Å². The van der Waals surface area contributed by atoms with Gasteiger partial charge in [0, 0.05) is 6.54 Å². The van der Waals surface area contributed by atoms with Gasteiger partial charge in [0.2, 0.25) is 0 Å². The summed E-state index contributed by atoms with van der Waals surface area (Å²) >= 11 is 5.83. The fourth-order valence-corrected chi connectivity index (χ4v) is 1.54. The van der Waals surface area contributed by atoms with E-state index in [0.29, 0.717) is 16.9 Å². The first kappa shape index (κ1) is 13.3. The number of rotatable bonds is 5. The first-order valence-corrected chi connectivity index (χ1v) is 6.06. The molecule has 0 unspecified atom stereocenters. The van der Waals surface area contributed by atoms with Crippen LogP contribution in [0.15, 0.2) is 18.2 Å². The van der Waals surface area contributed by atoms with E-state index in [0.717, 1.165) is 18.7 Å². The van der Waals surface area contributed by atoms with Crippen LogP contribution in [0.2, 0.25) is 5.02 Å². The van der Waals surface area contributed by atoms with E-state index >= 15 is 0 Å². The Hall–Kier alpha value is -0.730. The molecule has 0 amide bonds. The molecule has 0 saturated heterocycles. The molecule has 0 aliphatic rings. The molecule has 0 aromatic heterocycles. The summed E-state index contributed by atoms with van der Waals surface area (Å²) in [5.74, 6) is 1.49. The van der Waals surface area contributed by atoms with Crippen molar-refractivity contribution in [1.82, 2.24) is 5.32 Å². The lowest BCUT2D eigenvalue weighted by atomic mass is 9.98. The summed E-state index contributed by atoms with van der Waals surface area (Å²) in [5, 5.41) is 13.1. The second-order valence-electron chi connectivity index (χ2n) is 4.64. The van der Waals surface area contributed by atoms with Gasteiger partial charge in [-0.25, -0.2) is 0 Å². The van der Waals surface area contributed by atoms with Crippen LogP contribution in [0.3, 0.4) is 0 Å². The van der Waals surface area contributed by atoms with Crippen molar-refractivity contribution in [2.24, 2.45) is 11.8 Å². The van der Waals surface area contributed by atoms with Crippen LogP contribution < -0.4 is 5.32 Å². The van der Waals surface area contributed by atoms with Crippen LogP contribution in [0, 0.1) is 11.8 Å². The maximum absolute atomic E-state index is 9.28. The van der Waals surface area contributed by atoms with Crippen molar-refractivity contribution in [2.45, 2.75) is 27.3 Å². The third-order valence-corrected chi connectivity index (χ3v) is 3.25. The van der Waals surface area contributed by atoms with E-state index < -0.39 is 0 Å². The topological polar surface area (TPSA) is 32.3 Å². The smallest absolute Gasteiger partial charge is 0.134 e. The van der Waals surface area contributed by atoms with Gasteiger partial charge in [-0.05, 0) is 36.1 Å². The minimum atomic E-state index is 0.140. The molecule has 0 aliphatic heterocycles. The Labute approximate surface area is 103 Å². The van der Waals surface area contributed by atoms with Gasteiger partial charge in [-0.2, -0.15) is 0 Å². The molecule has 0 saturated carbocycles. The molecule has 1 atom stereocenters. The second kappa shape index (κ2) is 6.12. The van der Waals surface area contributed by atoms with Crippen LogP contribution in [0.1, 0.15) is 26.3 Å². The largest absolute Gasteiger partial charge is 0.506 e. The zero-order valence-electron chi connectivity index (χ0n) is 10.1. The van der Waals surface area contributed by atoms with Gasteiger partial charge in [0.1, 0.15) is 5.75 Å². The molecule has 0 radical (unpaired) electrons. The van der Waals surface area contributed by atoms with Gasteiger partial charge in [-0.15, -0.1) is 0 Å². The van der Waals surface area contributed by atoms with Gasteiger partial charge in [-0.1, -0.05) is 38.4 Å². The molecule has 0 fully saturated rings. The monoisotopic (exact) mass is 241 g/mol. The lowest BCUT2D eigenvalue weighted by Crippen LogP contribution is -2.23. The molecular weight excluding hydrogens is 222 g/mol. The van der Waals surface area contributed by atoms with Crippen molar-refractivity contribution in [1.29, 1.82) is 0 Å². The fourth-order valence-electron chi connectivity index (χ4n) is 1.34. The number of phenols is 1. The van der Waals surface area contributed by atoms with Gasteiger partial charge in [0.15, 0.2) is 0 Å². The third-order valence-electron chi connectivity index (χ3n) is 2.95. The highest BCUT2D eigenvalue weighted by molar-refractivity contribution is 6.32. The Balaban J connectivity index is 2.40. The molecule has 0 aliphatic carbocycles. The van der Waals surface area contributed by atoms with E-state index in [1.807, 2.05) is 6.07 Å². The van der Waals surface area contributed by atoms with Crippen LogP contribution in [0.25, 0.3) is 0 Å². The lowest BCUT2D eigenvalue weighted by molar-refractivity contribution is 0.392. The quantitative estimate of drug-likeness (QED) is 0.828. The summed E-state index contributed by atoms with van der Waals surface area (Å²) < 4.78 is 0. The number of nitrogens with one attached hydrogen (secondary N) is 1. The SMILES string of the molecule is CC(C)[C@H](C)CNCc1ccc(O)c(Cl)c1. The number of halogens is 1. The number of hydrogen-bond acceptors (Lipinski definition) is 2. The van der Waals surface area contributed by atoms with Gasteiger partial charge >= 0.3 is 0 Å². The maximum atomic E-state index is 9.28. The van der Waals surface area contributed by atoms with Crippen molar-refractivity contribution in [3.8, 4) is 5.75 Å². The third kappa shape index (κ3) is 4.03. The van der Waals surface area contributed by atoms with Gasteiger partial charge in [0.25, 0.3) is 0 Å². The predicted molar refractivity (Wildman–Crippen MR) is 68.8 cm³/mol. The Kier molecular flexibility index (Phi) is 5.10. The first-order chi connectivity index (χ1) is 7.50. The summed E-state index contributed by atoms with van der Waals surface area (Å²) in [5.41, 5.74) is 1.10. The fraction of sp³-hybridized carbons (Fsp3) is 0.538. The number of benzene rings is 1. The summed E-state index contributed by atoms with van der Waals surface area (Å²) in [7, 11) is 0. The molecule has 2 nitrogen and oxygen atoms in total. The second-order valence-corrected chi connectivity index (χ2v) is 5.05. The average molecular weight is 242 g/mol. The minimum absolute atomic E-state index is 0.140. The maximum Gasteiger partial charge on any atom is 0.134 e. The van der Waals surface area contributed by atoms with Crippen LogP contribution in [0.4, 0.5) is 0 Å². The van der Waals surface area contributed by atoms with E-state index in [-0.39, 0.29) is 5.75 Å². The van der Waals surface area contributed by atoms with E-state index in [4.69, 9.17) is 11.6 Å². The minimum Gasteiger partial charge on any atom is -0.506 e. The predicted octanol–water partition coefficient (Wildman–Crippen LogP) is 3.43. The number of aromatic hydroxyl groups is 1. The van der Waals surface area contributed by atoms with Crippen molar-refractivity contribution in [3.63, 3.8) is 0 Å². The van der Waals surface area contributed by atoms with Crippen molar-refractivity contribution in [3.05, 3.63) is 28.8 Å². The highest BCUT2D eigenvalue weighted by atomic mass is 35.5. The summed E-state index contributed by atoms with van der Waals surface area (Å²) in [4.78, 5) is 0. The van der Waals surface area contributed by atoms with Gasteiger partial charge in [-0.3, -0.25) is 0 Å². The van der Waals surface area contributed by atoms with Crippen LogP contribution in [-0.4, -0.2) is 11.7 Å². The van der Waals surface area contributed by atoms with Crippen molar-refractivity contribution >= 4 is 11.6 Å². The Bertz CT molecular complexity index is 339. The summed E-state index contributed by atoms with van der Waals surface area (Å²) in [6.45, 7) is 8.47. The zero-order chi connectivity index (χ0) is 12.1. The molecule has 0 bridgehead atoms. The number of hydrogen-bond donors (Lipinski definition) is 2. The molecule has 90 valence electrons. The first-order valence-electron chi connectivity index (χ1n) is 5.68. The van der Waals surface area contributed by atoms with E-state index in [1.165, 1.54) is 0 Å². The van der Waals surface area contributed by atoms with Crippen molar-refractivity contribution in [2.75, 3.05) is 6.54 Å². The lowest BCUT2D eigenvalue weighted by Gasteiger charge is -2.16. The van der Waals surface area contributed by atoms with E-state index in [9.17, 15) is 5.11 Å². The zero-order valence-corrected chi connectivity index (χ0v) is 10.9. The normalized spacial score (nSPS) is 13.1. The molecule has 2 N–H and O–H groups in total. The Morgan fingerprint density at radius 1 is 1.31 bits per heavy atom. The molecular formula is C13H20ClNO. The Morgan fingerprint density at radius 2 is 2.00 bits per heavy atom. The molecule has 16 heavy (non-hydrogen) atoms. The van der Waals surface area contributed by atoms with Crippen molar-refractivity contribution < 1.29 is 5.11 Å². The van der Waals surface area contributed by atoms with Gasteiger partial charge in [0.05, 0.1) is 5.02 Å². The van der Waals surface area contributed by atoms with E-state index in [2.05, 4.69) is 26.1 Å². The highest BCUT2D eigenvalue weighted by Gasteiger charge is 2.06. The molecule has 3 heteroatoms. The molecule has 0 spiro atoms. The van der Waals surface area contributed by atoms with Crippen LogP contribution in [-0.2, 0) is 6.54 Å². The van der Waals surface area contributed by atoms with Crippen LogP contribution >= 0.6 is 11.6 Å². The number of phenolic OH excluding ortho intramolecular Hbond substituents is 1. The van der Waals surface area contributed by atoms with Gasteiger partial charge < -0.3 is 10.4 Å². The average Bonchev–Trinajstić information content (AvgIpc) is 2.23. The molecule has 0 heterocycles. The van der Waals surface area contributed by atoms with Crippen LogP contribution in [0.5, 0.6) is 5.75 Å². The molecule has 1 rings (SSSR count). The Morgan fingerprint density at radius 3 is 2.56 bits per heavy atom.